The van der Waals surface area contributed by atoms with Gasteiger partial charge >= 0.3 is 0 Å². The summed E-state index contributed by atoms with van der Waals surface area (Å²) < 4.78 is 5.91. The molecule has 1 aromatic heterocycles. The fourth-order valence-corrected chi connectivity index (χ4v) is 3.12. The van der Waals surface area contributed by atoms with Gasteiger partial charge in [0.2, 0.25) is 5.91 Å². The van der Waals surface area contributed by atoms with Gasteiger partial charge in [0.25, 0.3) is 0 Å². The van der Waals surface area contributed by atoms with E-state index in [2.05, 4.69) is 9.97 Å². The molecular formula is C20H19N3O2. The van der Waals surface area contributed by atoms with Crippen LogP contribution in [0.25, 0.3) is 22.3 Å². The summed E-state index contributed by atoms with van der Waals surface area (Å²) in [6, 6.07) is 15.7. The number of carbonyl (C=O) groups excluding carboxylic acids is 1. The van der Waals surface area contributed by atoms with Crippen molar-refractivity contribution in [1.29, 1.82) is 0 Å². The fourth-order valence-electron chi connectivity index (χ4n) is 3.12. The Morgan fingerprint density at radius 2 is 2.00 bits per heavy atom. The van der Waals surface area contributed by atoms with Gasteiger partial charge in [-0.05, 0) is 24.3 Å². The van der Waals surface area contributed by atoms with Crippen LogP contribution in [0.2, 0.25) is 0 Å². The Morgan fingerprint density at radius 1 is 1.16 bits per heavy atom. The van der Waals surface area contributed by atoms with Crippen LogP contribution < -0.4 is 4.74 Å². The Kier molecular flexibility index (Phi) is 4.06. The normalized spacial score (nSPS) is 17.2. The van der Waals surface area contributed by atoms with Crippen LogP contribution in [0.5, 0.6) is 5.75 Å². The van der Waals surface area contributed by atoms with Gasteiger partial charge in [0, 0.05) is 31.5 Å². The van der Waals surface area contributed by atoms with Gasteiger partial charge in [-0.3, -0.25) is 9.78 Å². The third-order valence-corrected chi connectivity index (χ3v) is 4.49. The van der Waals surface area contributed by atoms with Crippen LogP contribution in [-0.4, -0.2) is 41.0 Å². The van der Waals surface area contributed by atoms with E-state index in [9.17, 15) is 4.79 Å². The fraction of sp³-hybridized carbons (Fsp3) is 0.250. The monoisotopic (exact) mass is 333 g/mol. The molecule has 0 N–H and O–H groups in total. The number of likely N-dealkylation sites (tertiary alicyclic amines) is 1. The highest BCUT2D eigenvalue weighted by molar-refractivity contribution is 5.78. The van der Waals surface area contributed by atoms with Gasteiger partial charge in [-0.15, -0.1) is 0 Å². The van der Waals surface area contributed by atoms with Crippen molar-refractivity contribution in [1.82, 2.24) is 14.9 Å². The van der Waals surface area contributed by atoms with Crippen LogP contribution in [-0.2, 0) is 4.79 Å². The van der Waals surface area contributed by atoms with E-state index in [1.807, 2.05) is 55.6 Å². The molecule has 25 heavy (non-hydrogen) atoms. The molecule has 1 amide bonds. The van der Waals surface area contributed by atoms with Gasteiger partial charge in [-0.2, -0.15) is 0 Å². The number of ether oxygens (including phenoxy) is 1. The number of benzene rings is 2. The molecule has 2 heterocycles. The summed E-state index contributed by atoms with van der Waals surface area (Å²) in [5, 5.41) is 0. The van der Waals surface area contributed by atoms with Crippen molar-refractivity contribution < 1.29 is 9.53 Å². The number of hydrogen-bond acceptors (Lipinski definition) is 4. The molecule has 0 bridgehead atoms. The number of carbonyl (C=O) groups is 1. The summed E-state index contributed by atoms with van der Waals surface area (Å²) in [4.78, 5) is 22.5. The molecule has 1 atom stereocenters. The first-order chi connectivity index (χ1) is 12.2. The molecule has 0 aliphatic carbocycles. The lowest BCUT2D eigenvalue weighted by Gasteiger charge is -2.12. The Labute approximate surface area is 146 Å². The quantitative estimate of drug-likeness (QED) is 0.736. The molecule has 5 heteroatoms. The lowest BCUT2D eigenvalue weighted by molar-refractivity contribution is -0.126. The number of para-hydroxylation sites is 2. The molecule has 0 saturated carbocycles. The number of hydrogen-bond donors (Lipinski definition) is 0. The largest absolute Gasteiger partial charge is 0.493 e. The second-order valence-electron chi connectivity index (χ2n) is 6.43. The van der Waals surface area contributed by atoms with E-state index in [1.54, 1.807) is 11.1 Å². The molecule has 0 radical (unpaired) electrons. The van der Waals surface area contributed by atoms with Gasteiger partial charge in [0.05, 0.1) is 29.5 Å². The molecule has 2 aromatic carbocycles. The van der Waals surface area contributed by atoms with Gasteiger partial charge in [-0.1, -0.05) is 24.3 Å². The zero-order valence-corrected chi connectivity index (χ0v) is 14.1. The maximum Gasteiger partial charge on any atom is 0.222 e. The zero-order valence-electron chi connectivity index (χ0n) is 14.1. The first kappa shape index (κ1) is 15.6. The minimum absolute atomic E-state index is 0.189. The third kappa shape index (κ3) is 3.31. The van der Waals surface area contributed by atoms with Gasteiger partial charge in [-0.25, -0.2) is 4.98 Å². The van der Waals surface area contributed by atoms with Crippen molar-refractivity contribution in [2.75, 3.05) is 20.2 Å². The summed E-state index contributed by atoms with van der Waals surface area (Å²) in [5.41, 5.74) is 3.54. The molecule has 1 aliphatic rings. The Hall–Kier alpha value is -2.95. The lowest BCUT2D eigenvalue weighted by atomic mass is 10.1. The molecule has 3 aromatic rings. The number of aromatic nitrogens is 2. The average molecular weight is 333 g/mol. The van der Waals surface area contributed by atoms with E-state index in [-0.39, 0.29) is 11.8 Å². The number of fused-ring (bicyclic) bond motifs is 1. The van der Waals surface area contributed by atoms with Crippen molar-refractivity contribution in [2.45, 2.75) is 6.42 Å². The number of nitrogens with zero attached hydrogens (tertiary/aromatic N) is 3. The Bertz CT molecular complexity index is 925. The minimum atomic E-state index is 0.189. The molecule has 1 fully saturated rings. The van der Waals surface area contributed by atoms with Crippen LogP contribution in [0.4, 0.5) is 0 Å². The lowest BCUT2D eigenvalue weighted by Crippen LogP contribution is -2.20. The molecule has 1 unspecified atom stereocenters. The van der Waals surface area contributed by atoms with Crippen molar-refractivity contribution in [3.63, 3.8) is 0 Å². The molecule has 126 valence electrons. The maximum atomic E-state index is 11.6. The highest BCUT2D eigenvalue weighted by Crippen LogP contribution is 2.24. The van der Waals surface area contributed by atoms with E-state index >= 15 is 0 Å². The zero-order chi connectivity index (χ0) is 17.2. The Balaban J connectivity index is 1.51. The third-order valence-electron chi connectivity index (χ3n) is 4.49. The first-order valence-electron chi connectivity index (χ1n) is 8.38. The van der Waals surface area contributed by atoms with Crippen molar-refractivity contribution >= 4 is 16.9 Å². The van der Waals surface area contributed by atoms with Crippen molar-refractivity contribution in [3.05, 3.63) is 54.7 Å². The van der Waals surface area contributed by atoms with Crippen molar-refractivity contribution in [2.24, 2.45) is 5.92 Å². The van der Waals surface area contributed by atoms with Crippen LogP contribution in [0.15, 0.2) is 54.7 Å². The van der Waals surface area contributed by atoms with E-state index < -0.39 is 0 Å². The van der Waals surface area contributed by atoms with Crippen LogP contribution in [0, 0.1) is 5.92 Å². The summed E-state index contributed by atoms with van der Waals surface area (Å²) in [6.45, 7) is 1.30. The molecule has 4 rings (SSSR count). The number of rotatable bonds is 4. The van der Waals surface area contributed by atoms with E-state index in [1.165, 1.54) is 0 Å². The number of amides is 1. The average Bonchev–Trinajstić information content (AvgIpc) is 2.98. The maximum absolute atomic E-state index is 11.6. The van der Waals surface area contributed by atoms with Gasteiger partial charge in [0.15, 0.2) is 0 Å². The second-order valence-corrected chi connectivity index (χ2v) is 6.43. The van der Waals surface area contributed by atoms with Gasteiger partial charge < -0.3 is 9.64 Å². The second kappa shape index (κ2) is 6.51. The Morgan fingerprint density at radius 3 is 2.80 bits per heavy atom. The first-order valence-corrected chi connectivity index (χ1v) is 8.38. The molecule has 5 nitrogen and oxygen atoms in total. The van der Waals surface area contributed by atoms with E-state index in [0.29, 0.717) is 13.0 Å². The SMILES string of the molecule is CN1CC(COc2cccc(-c3cnc4ccccc4n3)c2)CC1=O. The molecule has 1 saturated heterocycles. The highest BCUT2D eigenvalue weighted by atomic mass is 16.5. The smallest absolute Gasteiger partial charge is 0.222 e. The predicted octanol–water partition coefficient (Wildman–Crippen LogP) is 3.15. The van der Waals surface area contributed by atoms with Crippen LogP contribution in [0.1, 0.15) is 6.42 Å². The summed E-state index contributed by atoms with van der Waals surface area (Å²) in [5.74, 6) is 1.23. The standard InChI is InChI=1S/C20H19N3O2/c1-23-12-14(9-20(23)24)13-25-16-6-4-5-15(10-16)19-11-21-17-7-2-3-8-18(17)22-19/h2-8,10-11,14H,9,12-13H2,1H3. The van der Waals surface area contributed by atoms with E-state index in [4.69, 9.17) is 4.74 Å². The van der Waals surface area contributed by atoms with Crippen molar-refractivity contribution in [3.8, 4) is 17.0 Å². The summed E-state index contributed by atoms with van der Waals surface area (Å²) >= 11 is 0. The highest BCUT2D eigenvalue weighted by Gasteiger charge is 2.27. The predicted molar refractivity (Wildman–Crippen MR) is 96.2 cm³/mol. The summed E-state index contributed by atoms with van der Waals surface area (Å²) in [6.07, 6.45) is 2.35. The molecular weight excluding hydrogens is 314 g/mol. The van der Waals surface area contributed by atoms with Gasteiger partial charge in [0.1, 0.15) is 5.75 Å². The van der Waals surface area contributed by atoms with Crippen LogP contribution >= 0.6 is 0 Å². The molecule has 0 spiro atoms. The topological polar surface area (TPSA) is 55.3 Å². The van der Waals surface area contributed by atoms with Crippen LogP contribution in [0.3, 0.4) is 0 Å². The van der Waals surface area contributed by atoms with E-state index in [0.717, 1.165) is 34.6 Å². The summed E-state index contributed by atoms with van der Waals surface area (Å²) in [7, 11) is 1.83. The minimum Gasteiger partial charge on any atom is -0.493 e. The molecule has 1 aliphatic heterocycles.